The van der Waals surface area contributed by atoms with Gasteiger partial charge in [0.25, 0.3) is 5.91 Å². The molecule has 3 N–H and O–H groups in total. The molecule has 2 bridgehead atoms. The lowest BCUT2D eigenvalue weighted by Crippen LogP contribution is -2.60. The quantitative estimate of drug-likeness (QED) is 0.663. The Balaban J connectivity index is 0.000000221. The third kappa shape index (κ3) is 4.45. The first-order valence-corrected chi connectivity index (χ1v) is 11.1. The highest BCUT2D eigenvalue weighted by Crippen LogP contribution is 2.41. The molecule has 0 radical (unpaired) electrons. The molecule has 0 aromatic heterocycles. The van der Waals surface area contributed by atoms with Gasteiger partial charge in [0.05, 0.1) is 6.42 Å². The number of carbonyl (C=O) groups is 3. The van der Waals surface area contributed by atoms with E-state index in [-0.39, 0.29) is 0 Å². The molecule has 1 aromatic carbocycles. The number of benzene rings is 1. The van der Waals surface area contributed by atoms with E-state index < -0.39 is 24.5 Å². The summed E-state index contributed by atoms with van der Waals surface area (Å²) in [6.45, 7) is 4.57. The maximum atomic E-state index is 13.1. The fraction of sp³-hybridized carbons (Fsp3) is 0.609. The summed E-state index contributed by atoms with van der Waals surface area (Å²) in [6, 6.07) is 6.87. The van der Waals surface area contributed by atoms with Crippen molar-refractivity contribution in [2.75, 3.05) is 26.2 Å². The number of carboxylic acids is 2. The van der Waals surface area contributed by atoms with Crippen LogP contribution >= 0.6 is 0 Å². The maximum Gasteiger partial charge on any atom is 0.333 e. The lowest BCUT2D eigenvalue weighted by atomic mass is 9.75. The summed E-state index contributed by atoms with van der Waals surface area (Å²) in [7, 11) is 0. The third-order valence-corrected chi connectivity index (χ3v) is 7.19. The average molecular weight is 431 g/mol. The second-order valence-corrected chi connectivity index (χ2v) is 9.08. The first kappa shape index (κ1) is 21.8. The minimum atomic E-state index is -1.79. The Kier molecular flexibility index (Phi) is 6.29. The van der Waals surface area contributed by atoms with Gasteiger partial charge >= 0.3 is 11.9 Å². The third-order valence-electron chi connectivity index (χ3n) is 7.19. The predicted octanol–water partition coefficient (Wildman–Crippen LogP) is 1.56. The fourth-order valence-electron chi connectivity index (χ4n) is 5.67. The molecule has 1 unspecified atom stereocenters. The summed E-state index contributed by atoms with van der Waals surface area (Å²) in [5.41, 5.74) is 3.86. The molecule has 3 saturated heterocycles. The largest absolute Gasteiger partial charge is 0.481 e. The number of aliphatic carboxylic acids is 2. The Labute approximate surface area is 181 Å². The van der Waals surface area contributed by atoms with Gasteiger partial charge in [-0.2, -0.15) is 0 Å². The van der Waals surface area contributed by atoms with Crippen molar-refractivity contribution in [3.05, 3.63) is 34.9 Å². The molecule has 4 aliphatic heterocycles. The van der Waals surface area contributed by atoms with Crippen molar-refractivity contribution in [3.63, 3.8) is 0 Å². The number of amides is 1. The van der Waals surface area contributed by atoms with Gasteiger partial charge in [-0.05, 0) is 68.3 Å². The zero-order chi connectivity index (χ0) is 22.1. The Bertz CT molecular complexity index is 864. The summed E-state index contributed by atoms with van der Waals surface area (Å²) in [4.78, 5) is 37.4. The SMILES string of the molecule is O=C(O)CC(O)C(=O)O.O=C1c2cccc3c2[C@H](CCC3)CN1[C@@H]1CN2CCC1CC2. The van der Waals surface area contributed by atoms with Crippen LogP contribution in [-0.2, 0) is 16.0 Å². The molecule has 0 spiro atoms. The summed E-state index contributed by atoms with van der Waals surface area (Å²) in [6.07, 6.45) is 3.72. The lowest BCUT2D eigenvalue weighted by Gasteiger charge is -2.51. The van der Waals surface area contributed by atoms with Crippen molar-refractivity contribution in [2.24, 2.45) is 5.92 Å². The normalized spacial score (nSPS) is 29.5. The second kappa shape index (κ2) is 8.96. The molecular formula is C23H30N2O6. The van der Waals surface area contributed by atoms with Crippen LogP contribution in [0.2, 0.25) is 0 Å². The molecule has 4 heterocycles. The number of carbonyl (C=O) groups excluding carboxylic acids is 1. The monoisotopic (exact) mass is 430 g/mol. The minimum Gasteiger partial charge on any atom is -0.481 e. The van der Waals surface area contributed by atoms with Crippen molar-refractivity contribution >= 4 is 17.8 Å². The standard InChI is InChI=1S/C19H24N2O.C4H6O5/c22-19-16-6-2-4-14-3-1-5-15(18(14)16)11-21(19)17-12-20-9-7-13(17)8-10-20;5-2(4(8)9)1-3(6)7/h2,4,6,13,15,17H,1,3,5,7-12H2;2,5H,1H2,(H,6,7)(H,8,9)/t15-,17-;/m1./s1. The molecule has 168 valence electrons. The molecular weight excluding hydrogens is 400 g/mol. The highest BCUT2D eigenvalue weighted by Gasteiger charge is 2.43. The van der Waals surface area contributed by atoms with E-state index in [0.717, 1.165) is 31.0 Å². The van der Waals surface area contributed by atoms with E-state index in [9.17, 15) is 14.4 Å². The van der Waals surface area contributed by atoms with Gasteiger partial charge in [-0.3, -0.25) is 9.59 Å². The summed E-state index contributed by atoms with van der Waals surface area (Å²) >= 11 is 0. The van der Waals surface area contributed by atoms with Crippen molar-refractivity contribution in [3.8, 4) is 0 Å². The molecule has 1 aromatic rings. The number of aliphatic hydroxyl groups excluding tert-OH is 1. The van der Waals surface area contributed by atoms with Crippen LogP contribution in [-0.4, -0.2) is 81.3 Å². The molecule has 8 nitrogen and oxygen atoms in total. The average Bonchev–Trinajstić information content (AvgIpc) is 2.77. The van der Waals surface area contributed by atoms with Crippen molar-refractivity contribution in [1.82, 2.24) is 9.80 Å². The fourth-order valence-corrected chi connectivity index (χ4v) is 5.67. The number of aliphatic hydroxyl groups is 1. The van der Waals surface area contributed by atoms with E-state index in [0.29, 0.717) is 17.9 Å². The molecule has 3 atom stereocenters. The van der Waals surface area contributed by atoms with Crippen LogP contribution in [0.5, 0.6) is 0 Å². The second-order valence-electron chi connectivity index (χ2n) is 9.08. The van der Waals surface area contributed by atoms with E-state index in [1.807, 2.05) is 0 Å². The molecule has 8 heteroatoms. The van der Waals surface area contributed by atoms with Gasteiger partial charge < -0.3 is 25.1 Å². The molecule has 6 rings (SSSR count). The van der Waals surface area contributed by atoms with Gasteiger partial charge in [0, 0.05) is 30.6 Å². The zero-order valence-corrected chi connectivity index (χ0v) is 17.6. The first-order valence-electron chi connectivity index (χ1n) is 11.1. The number of rotatable bonds is 4. The van der Waals surface area contributed by atoms with Gasteiger partial charge in [-0.25, -0.2) is 4.79 Å². The van der Waals surface area contributed by atoms with Gasteiger partial charge in [-0.1, -0.05) is 12.1 Å². The zero-order valence-electron chi connectivity index (χ0n) is 17.6. The molecule has 31 heavy (non-hydrogen) atoms. The molecule has 5 aliphatic rings. The molecule has 1 amide bonds. The number of piperidine rings is 3. The highest BCUT2D eigenvalue weighted by atomic mass is 16.4. The number of carboxylic acid groups (broad SMARTS) is 2. The van der Waals surface area contributed by atoms with Gasteiger partial charge in [0.15, 0.2) is 6.10 Å². The van der Waals surface area contributed by atoms with Crippen LogP contribution in [0, 0.1) is 5.92 Å². The minimum absolute atomic E-state index is 0.314. The van der Waals surface area contributed by atoms with E-state index in [1.165, 1.54) is 49.9 Å². The summed E-state index contributed by atoms with van der Waals surface area (Å²) < 4.78 is 0. The summed E-state index contributed by atoms with van der Waals surface area (Å²) in [5.74, 6) is -1.20. The smallest absolute Gasteiger partial charge is 0.333 e. The van der Waals surface area contributed by atoms with Crippen LogP contribution in [0.4, 0.5) is 0 Å². The van der Waals surface area contributed by atoms with Crippen LogP contribution in [0.3, 0.4) is 0 Å². The van der Waals surface area contributed by atoms with E-state index in [1.54, 1.807) is 0 Å². The number of nitrogens with zero attached hydrogens (tertiary/aromatic N) is 2. The van der Waals surface area contributed by atoms with Crippen LogP contribution in [0.15, 0.2) is 18.2 Å². The van der Waals surface area contributed by atoms with Gasteiger partial charge in [0.1, 0.15) is 0 Å². The van der Waals surface area contributed by atoms with E-state index in [2.05, 4.69) is 28.0 Å². The number of hydrogen-bond donors (Lipinski definition) is 3. The predicted molar refractivity (Wildman–Crippen MR) is 112 cm³/mol. The molecule has 0 saturated carbocycles. The van der Waals surface area contributed by atoms with Crippen molar-refractivity contribution in [1.29, 1.82) is 0 Å². The molecule has 3 fully saturated rings. The van der Waals surface area contributed by atoms with E-state index >= 15 is 0 Å². The van der Waals surface area contributed by atoms with Crippen LogP contribution < -0.4 is 0 Å². The number of fused-ring (bicyclic) bond motifs is 3. The topological polar surface area (TPSA) is 118 Å². The van der Waals surface area contributed by atoms with E-state index in [4.69, 9.17) is 15.3 Å². The lowest BCUT2D eigenvalue weighted by molar-refractivity contribution is -0.152. The first-order chi connectivity index (χ1) is 14.8. The van der Waals surface area contributed by atoms with Crippen molar-refractivity contribution < 1.29 is 29.7 Å². The number of aryl methyl sites for hydroxylation is 1. The maximum absolute atomic E-state index is 13.1. The Morgan fingerprint density at radius 3 is 2.42 bits per heavy atom. The van der Waals surface area contributed by atoms with Crippen LogP contribution in [0.1, 0.15) is 59.5 Å². The van der Waals surface area contributed by atoms with Crippen molar-refractivity contribution in [2.45, 2.75) is 56.6 Å². The Hall–Kier alpha value is -2.45. The molecule has 1 aliphatic carbocycles. The van der Waals surface area contributed by atoms with Crippen LogP contribution in [0.25, 0.3) is 0 Å². The highest BCUT2D eigenvalue weighted by molar-refractivity contribution is 5.98. The van der Waals surface area contributed by atoms with Gasteiger partial charge in [-0.15, -0.1) is 0 Å². The summed E-state index contributed by atoms with van der Waals surface area (Å²) in [5, 5.41) is 24.1. The van der Waals surface area contributed by atoms with Gasteiger partial charge in [0.2, 0.25) is 0 Å². The Morgan fingerprint density at radius 2 is 1.84 bits per heavy atom. The Morgan fingerprint density at radius 1 is 1.10 bits per heavy atom. The number of hydrogen-bond acceptors (Lipinski definition) is 5.